The lowest BCUT2D eigenvalue weighted by Gasteiger charge is -2.24. The van der Waals surface area contributed by atoms with Crippen LogP contribution in [0.1, 0.15) is 37.0 Å². The molecule has 0 aromatic heterocycles. The molecule has 1 heterocycles. The molecule has 2 aromatic rings. The van der Waals surface area contributed by atoms with Gasteiger partial charge in [0, 0.05) is 5.02 Å². The van der Waals surface area contributed by atoms with Crippen LogP contribution in [0.4, 0.5) is 0 Å². The molecular weight excluding hydrogens is 368 g/mol. The molecule has 0 saturated heterocycles. The predicted octanol–water partition coefficient (Wildman–Crippen LogP) is 4.26. The van der Waals surface area contributed by atoms with Crippen molar-refractivity contribution in [2.24, 2.45) is 5.92 Å². The lowest BCUT2D eigenvalue weighted by Crippen LogP contribution is -2.36. The molecule has 0 amide bonds. The second-order valence-corrected chi connectivity index (χ2v) is 7.43. The van der Waals surface area contributed by atoms with Crippen LogP contribution < -0.4 is 9.47 Å². The standard InChI is InChI=1S/C21H23ClO5/c1-13(5-7-17(23)15-3-2-4-16(22)11-15)9-14-6-8-18-19(10-14)26-12-20(27-18)21(24)25/h2-4,6,8,10-11,13,17,20,23H,5,7,9,12H2,1H3,(H,24,25)/t13-,17-,20+/m0/s1. The highest BCUT2D eigenvalue weighted by Gasteiger charge is 2.27. The topological polar surface area (TPSA) is 76.0 Å². The summed E-state index contributed by atoms with van der Waals surface area (Å²) in [5, 5.41) is 20.0. The number of hydrogen-bond acceptors (Lipinski definition) is 4. The van der Waals surface area contributed by atoms with E-state index in [0.717, 1.165) is 24.0 Å². The molecule has 1 aliphatic rings. The zero-order chi connectivity index (χ0) is 19.4. The quantitative estimate of drug-likeness (QED) is 0.738. The van der Waals surface area contributed by atoms with Crippen LogP contribution in [0.5, 0.6) is 11.5 Å². The maximum absolute atomic E-state index is 11.0. The van der Waals surface area contributed by atoms with Crippen LogP contribution in [-0.2, 0) is 11.2 Å². The summed E-state index contributed by atoms with van der Waals surface area (Å²) in [6, 6.07) is 12.9. The molecule has 5 nitrogen and oxygen atoms in total. The number of rotatable bonds is 7. The highest BCUT2D eigenvalue weighted by atomic mass is 35.5. The van der Waals surface area contributed by atoms with Crippen molar-refractivity contribution in [3.05, 3.63) is 58.6 Å². The van der Waals surface area contributed by atoms with Gasteiger partial charge in [-0.05, 0) is 60.6 Å². The molecule has 2 N–H and O–H groups in total. The summed E-state index contributed by atoms with van der Waals surface area (Å²) >= 11 is 5.98. The molecule has 3 rings (SSSR count). The van der Waals surface area contributed by atoms with Crippen LogP contribution in [-0.4, -0.2) is 28.9 Å². The Kier molecular flexibility index (Phi) is 6.24. The minimum absolute atomic E-state index is 0.00711. The number of hydrogen-bond donors (Lipinski definition) is 2. The van der Waals surface area contributed by atoms with Gasteiger partial charge in [0.2, 0.25) is 6.10 Å². The van der Waals surface area contributed by atoms with Gasteiger partial charge >= 0.3 is 5.97 Å². The van der Waals surface area contributed by atoms with Gasteiger partial charge in [-0.3, -0.25) is 0 Å². The van der Waals surface area contributed by atoms with Crippen LogP contribution in [0.3, 0.4) is 0 Å². The van der Waals surface area contributed by atoms with E-state index in [0.29, 0.717) is 28.9 Å². The largest absolute Gasteiger partial charge is 0.485 e. The molecule has 144 valence electrons. The van der Waals surface area contributed by atoms with Crippen LogP contribution in [0, 0.1) is 5.92 Å². The Morgan fingerprint density at radius 1 is 1.22 bits per heavy atom. The molecule has 6 heteroatoms. The lowest BCUT2D eigenvalue weighted by atomic mass is 9.93. The van der Waals surface area contributed by atoms with E-state index < -0.39 is 18.2 Å². The molecule has 0 fully saturated rings. The summed E-state index contributed by atoms with van der Waals surface area (Å²) in [5.74, 6) is 0.377. The smallest absolute Gasteiger partial charge is 0.348 e. The van der Waals surface area contributed by atoms with Gasteiger partial charge in [0.15, 0.2) is 11.5 Å². The van der Waals surface area contributed by atoms with Gasteiger partial charge in [-0.1, -0.05) is 36.7 Å². The van der Waals surface area contributed by atoms with E-state index in [2.05, 4.69) is 6.92 Å². The Balaban J connectivity index is 1.54. The molecule has 1 aliphatic heterocycles. The molecule has 0 saturated carbocycles. The number of halogens is 1. The van der Waals surface area contributed by atoms with Crippen molar-refractivity contribution >= 4 is 17.6 Å². The molecule has 0 unspecified atom stereocenters. The Bertz CT molecular complexity index is 807. The van der Waals surface area contributed by atoms with E-state index in [9.17, 15) is 9.90 Å². The highest BCUT2D eigenvalue weighted by Crippen LogP contribution is 2.34. The van der Waals surface area contributed by atoms with Crippen molar-refractivity contribution in [1.29, 1.82) is 0 Å². The van der Waals surface area contributed by atoms with Gasteiger partial charge in [0.25, 0.3) is 0 Å². The molecule has 0 spiro atoms. The van der Waals surface area contributed by atoms with E-state index in [1.54, 1.807) is 18.2 Å². The maximum Gasteiger partial charge on any atom is 0.348 e. The summed E-state index contributed by atoms with van der Waals surface area (Å²) in [5.41, 5.74) is 1.93. The van der Waals surface area contributed by atoms with E-state index in [-0.39, 0.29) is 6.61 Å². The number of carboxylic acids is 1. The van der Waals surface area contributed by atoms with Crippen molar-refractivity contribution in [2.75, 3.05) is 6.61 Å². The summed E-state index contributed by atoms with van der Waals surface area (Å²) in [7, 11) is 0. The number of carboxylic acid groups (broad SMARTS) is 1. The van der Waals surface area contributed by atoms with Gasteiger partial charge in [-0.15, -0.1) is 0 Å². The van der Waals surface area contributed by atoms with Crippen molar-refractivity contribution in [3.8, 4) is 11.5 Å². The zero-order valence-electron chi connectivity index (χ0n) is 15.1. The van der Waals surface area contributed by atoms with Gasteiger partial charge in [-0.25, -0.2) is 4.79 Å². The number of aliphatic hydroxyl groups is 1. The van der Waals surface area contributed by atoms with E-state index >= 15 is 0 Å². The summed E-state index contributed by atoms with van der Waals surface area (Å²) in [6.07, 6.45) is 0.867. The Labute approximate surface area is 163 Å². The summed E-state index contributed by atoms with van der Waals surface area (Å²) in [6.45, 7) is 2.15. The van der Waals surface area contributed by atoms with Crippen LogP contribution in [0.25, 0.3) is 0 Å². The maximum atomic E-state index is 11.0. The predicted molar refractivity (Wildman–Crippen MR) is 103 cm³/mol. The fourth-order valence-corrected chi connectivity index (χ4v) is 3.39. The first kappa shape index (κ1) is 19.5. The van der Waals surface area contributed by atoms with Gasteiger partial charge in [-0.2, -0.15) is 0 Å². The van der Waals surface area contributed by atoms with Gasteiger partial charge < -0.3 is 19.7 Å². The third-order valence-electron chi connectivity index (χ3n) is 4.69. The second kappa shape index (κ2) is 8.63. The van der Waals surface area contributed by atoms with Gasteiger partial charge in [0.1, 0.15) is 6.61 Å². The number of ether oxygens (including phenoxy) is 2. The van der Waals surface area contributed by atoms with Gasteiger partial charge in [0.05, 0.1) is 6.10 Å². The fraction of sp³-hybridized carbons (Fsp3) is 0.381. The number of aliphatic carboxylic acids is 1. The fourth-order valence-electron chi connectivity index (χ4n) is 3.19. The zero-order valence-corrected chi connectivity index (χ0v) is 15.9. The average molecular weight is 391 g/mol. The first-order valence-electron chi connectivity index (χ1n) is 9.01. The Morgan fingerprint density at radius 2 is 2.04 bits per heavy atom. The van der Waals surface area contributed by atoms with Crippen molar-refractivity contribution in [1.82, 2.24) is 0 Å². The number of benzene rings is 2. The van der Waals surface area contributed by atoms with Crippen molar-refractivity contribution in [3.63, 3.8) is 0 Å². The third-order valence-corrected chi connectivity index (χ3v) is 4.93. The molecule has 2 aromatic carbocycles. The first-order chi connectivity index (χ1) is 12.9. The molecule has 3 atom stereocenters. The lowest BCUT2D eigenvalue weighted by molar-refractivity contribution is -0.147. The van der Waals surface area contributed by atoms with E-state index in [1.165, 1.54) is 0 Å². The number of carbonyl (C=O) groups is 1. The first-order valence-corrected chi connectivity index (χ1v) is 9.39. The monoisotopic (exact) mass is 390 g/mol. The highest BCUT2D eigenvalue weighted by molar-refractivity contribution is 6.30. The molecular formula is C21H23ClO5. The van der Waals surface area contributed by atoms with Crippen LogP contribution in [0.2, 0.25) is 5.02 Å². The second-order valence-electron chi connectivity index (χ2n) is 6.99. The third kappa shape index (κ3) is 5.15. The molecule has 0 radical (unpaired) electrons. The SMILES string of the molecule is C[C@@H](CC[C@H](O)c1cccc(Cl)c1)Cc1ccc2c(c1)OC[C@H](C(=O)O)O2. The normalized spacial score (nSPS) is 18.0. The number of fused-ring (bicyclic) bond motifs is 1. The minimum atomic E-state index is -1.03. The molecule has 27 heavy (non-hydrogen) atoms. The van der Waals surface area contributed by atoms with E-state index in [4.69, 9.17) is 26.2 Å². The van der Waals surface area contributed by atoms with Crippen LogP contribution in [0.15, 0.2) is 42.5 Å². The molecule has 0 bridgehead atoms. The van der Waals surface area contributed by atoms with Crippen molar-refractivity contribution < 1.29 is 24.5 Å². The van der Waals surface area contributed by atoms with E-state index in [1.807, 2.05) is 24.3 Å². The molecule has 0 aliphatic carbocycles. The minimum Gasteiger partial charge on any atom is -0.485 e. The van der Waals surface area contributed by atoms with Crippen molar-refractivity contribution in [2.45, 2.75) is 38.4 Å². The average Bonchev–Trinajstić information content (AvgIpc) is 2.65. The summed E-state index contributed by atoms with van der Waals surface area (Å²) in [4.78, 5) is 11.0. The Hall–Kier alpha value is -2.24. The van der Waals surface area contributed by atoms with Crippen LogP contribution >= 0.6 is 11.6 Å². The summed E-state index contributed by atoms with van der Waals surface area (Å²) < 4.78 is 11.0. The Morgan fingerprint density at radius 3 is 2.78 bits per heavy atom. The number of aliphatic hydroxyl groups excluding tert-OH is 1.